The molecule has 1 fully saturated rings. The number of piperidine rings is 1. The van der Waals surface area contributed by atoms with Gasteiger partial charge in [0.05, 0.1) is 11.6 Å². The molecule has 2 aromatic carbocycles. The van der Waals surface area contributed by atoms with Gasteiger partial charge in [0.2, 0.25) is 0 Å². The lowest BCUT2D eigenvalue weighted by Gasteiger charge is -2.38. The molecule has 0 saturated carbocycles. The van der Waals surface area contributed by atoms with Crippen molar-refractivity contribution in [2.75, 3.05) is 6.54 Å². The Morgan fingerprint density at radius 1 is 1.23 bits per heavy atom. The van der Waals surface area contributed by atoms with E-state index < -0.39 is 0 Å². The summed E-state index contributed by atoms with van der Waals surface area (Å²) in [5, 5.41) is 16.6. The SMILES string of the molecule is CCCCc1cc(C)c(C(=O)N2CCC(c3ccc(C#N)cc3)CC2C)cc1-c1n[nH]c(CC)n1. The molecule has 0 bridgehead atoms. The highest BCUT2D eigenvalue weighted by molar-refractivity contribution is 5.97. The summed E-state index contributed by atoms with van der Waals surface area (Å²) in [6.07, 6.45) is 5.77. The molecule has 2 heterocycles. The number of aromatic amines is 1. The second-order valence-electron chi connectivity index (χ2n) is 9.69. The second kappa shape index (κ2) is 10.9. The number of unbranched alkanes of at least 4 members (excludes halogenated alkanes) is 1. The van der Waals surface area contributed by atoms with E-state index in [4.69, 9.17) is 5.26 Å². The van der Waals surface area contributed by atoms with Crippen LogP contribution in [0.2, 0.25) is 0 Å². The Bertz CT molecular complexity index is 1220. The van der Waals surface area contributed by atoms with Crippen LogP contribution in [0.3, 0.4) is 0 Å². The number of hydrogen-bond donors (Lipinski definition) is 1. The van der Waals surface area contributed by atoms with Crippen molar-refractivity contribution in [1.82, 2.24) is 20.1 Å². The van der Waals surface area contributed by atoms with E-state index in [9.17, 15) is 4.79 Å². The third-order valence-corrected chi connectivity index (χ3v) is 7.24. The largest absolute Gasteiger partial charge is 0.336 e. The zero-order valence-electron chi connectivity index (χ0n) is 21.3. The number of amides is 1. The predicted octanol–water partition coefficient (Wildman–Crippen LogP) is 5.97. The van der Waals surface area contributed by atoms with Crippen molar-refractivity contribution >= 4 is 5.91 Å². The first-order chi connectivity index (χ1) is 16.9. The van der Waals surface area contributed by atoms with Crippen LogP contribution < -0.4 is 0 Å². The van der Waals surface area contributed by atoms with Crippen molar-refractivity contribution in [3.05, 3.63) is 70.0 Å². The first-order valence-electron chi connectivity index (χ1n) is 12.8. The summed E-state index contributed by atoms with van der Waals surface area (Å²) in [7, 11) is 0. The molecule has 1 aromatic heterocycles. The first kappa shape index (κ1) is 24.7. The average Bonchev–Trinajstić information content (AvgIpc) is 3.36. The van der Waals surface area contributed by atoms with E-state index in [0.717, 1.165) is 67.6 Å². The molecular weight excluding hydrogens is 434 g/mol. The molecule has 2 unspecified atom stereocenters. The van der Waals surface area contributed by atoms with Crippen LogP contribution in [0.1, 0.15) is 90.8 Å². The van der Waals surface area contributed by atoms with Gasteiger partial charge >= 0.3 is 0 Å². The Hall–Kier alpha value is -3.46. The topological polar surface area (TPSA) is 85.7 Å². The van der Waals surface area contributed by atoms with E-state index in [1.807, 2.05) is 30.0 Å². The number of carbonyl (C=O) groups excluding carboxylic acids is 1. The minimum absolute atomic E-state index is 0.0859. The maximum absolute atomic E-state index is 13.8. The maximum Gasteiger partial charge on any atom is 0.254 e. The van der Waals surface area contributed by atoms with Crippen molar-refractivity contribution in [2.45, 2.75) is 78.2 Å². The Morgan fingerprint density at radius 2 is 2.00 bits per heavy atom. The monoisotopic (exact) mass is 469 g/mol. The number of hydrogen-bond acceptors (Lipinski definition) is 4. The highest BCUT2D eigenvalue weighted by Crippen LogP contribution is 2.34. The number of nitrogens with zero attached hydrogens (tertiary/aromatic N) is 4. The number of aromatic nitrogens is 3. The number of rotatable bonds is 7. The number of nitrogens with one attached hydrogen (secondary N) is 1. The molecule has 3 aromatic rings. The molecule has 4 rings (SSSR count). The molecule has 6 heteroatoms. The number of likely N-dealkylation sites (tertiary alicyclic amines) is 1. The lowest BCUT2D eigenvalue weighted by atomic mass is 9.85. The third kappa shape index (κ3) is 5.30. The molecular formula is C29H35N5O. The molecule has 0 radical (unpaired) electrons. The molecule has 182 valence electrons. The minimum atomic E-state index is 0.0859. The van der Waals surface area contributed by atoms with E-state index >= 15 is 0 Å². The smallest absolute Gasteiger partial charge is 0.254 e. The molecule has 1 aliphatic rings. The van der Waals surface area contributed by atoms with Gasteiger partial charge < -0.3 is 4.90 Å². The third-order valence-electron chi connectivity index (χ3n) is 7.24. The normalized spacial score (nSPS) is 17.9. The van der Waals surface area contributed by atoms with Gasteiger partial charge in [-0.25, -0.2) is 4.98 Å². The van der Waals surface area contributed by atoms with Gasteiger partial charge in [0.15, 0.2) is 5.82 Å². The quantitative estimate of drug-likeness (QED) is 0.462. The van der Waals surface area contributed by atoms with Gasteiger partial charge in [0.1, 0.15) is 5.82 Å². The highest BCUT2D eigenvalue weighted by atomic mass is 16.2. The summed E-state index contributed by atoms with van der Waals surface area (Å²) in [4.78, 5) is 20.5. The Labute approximate surface area is 208 Å². The van der Waals surface area contributed by atoms with E-state index in [1.165, 1.54) is 11.1 Å². The van der Waals surface area contributed by atoms with Gasteiger partial charge in [-0.15, -0.1) is 0 Å². The van der Waals surface area contributed by atoms with E-state index in [-0.39, 0.29) is 11.9 Å². The molecule has 0 spiro atoms. The van der Waals surface area contributed by atoms with Gasteiger partial charge in [-0.2, -0.15) is 10.4 Å². The van der Waals surface area contributed by atoms with Crippen molar-refractivity contribution < 1.29 is 4.79 Å². The summed E-state index contributed by atoms with van der Waals surface area (Å²) in [5.74, 6) is 2.02. The van der Waals surface area contributed by atoms with Gasteiger partial charge in [0.25, 0.3) is 5.91 Å². The van der Waals surface area contributed by atoms with Gasteiger partial charge in [0, 0.05) is 30.1 Å². The number of H-pyrrole nitrogens is 1. The van der Waals surface area contributed by atoms with Crippen molar-refractivity contribution in [2.24, 2.45) is 0 Å². The van der Waals surface area contributed by atoms with Crippen LogP contribution in [0.4, 0.5) is 0 Å². The van der Waals surface area contributed by atoms with Crippen LogP contribution in [-0.4, -0.2) is 38.6 Å². The molecule has 1 amide bonds. The first-order valence-corrected chi connectivity index (χ1v) is 12.8. The van der Waals surface area contributed by atoms with Crippen LogP contribution in [0.15, 0.2) is 36.4 Å². The highest BCUT2D eigenvalue weighted by Gasteiger charge is 2.31. The van der Waals surface area contributed by atoms with Crippen LogP contribution in [-0.2, 0) is 12.8 Å². The lowest BCUT2D eigenvalue weighted by Crippen LogP contribution is -2.44. The van der Waals surface area contributed by atoms with E-state index in [2.05, 4.69) is 60.2 Å². The Kier molecular flexibility index (Phi) is 7.65. The van der Waals surface area contributed by atoms with E-state index in [0.29, 0.717) is 17.3 Å². The number of benzene rings is 2. The Balaban J connectivity index is 1.58. The molecule has 1 N–H and O–H groups in total. The summed E-state index contributed by atoms with van der Waals surface area (Å²) in [5.41, 5.74) is 5.85. The summed E-state index contributed by atoms with van der Waals surface area (Å²) in [6.45, 7) is 9.14. The summed E-state index contributed by atoms with van der Waals surface area (Å²) in [6, 6.07) is 14.4. The van der Waals surface area contributed by atoms with Crippen molar-refractivity contribution in [3.8, 4) is 17.5 Å². The van der Waals surface area contributed by atoms with Crippen LogP contribution >= 0.6 is 0 Å². The van der Waals surface area contributed by atoms with E-state index in [1.54, 1.807) is 0 Å². The summed E-state index contributed by atoms with van der Waals surface area (Å²) < 4.78 is 0. The zero-order chi connectivity index (χ0) is 24.9. The number of aryl methyl sites for hydroxylation is 3. The minimum Gasteiger partial charge on any atom is -0.336 e. The predicted molar refractivity (Wildman–Crippen MR) is 138 cm³/mol. The fraction of sp³-hybridized carbons (Fsp3) is 0.448. The standard InChI is InChI=1S/C29H35N5O/c1-5-7-8-24-15-19(3)25(17-26(24)28-31-27(6-2)32-33-28)29(35)34-14-13-23(16-20(34)4)22-11-9-21(18-30)10-12-22/h9-12,15,17,20,23H,5-8,13-14,16H2,1-4H3,(H,31,32,33). The van der Waals surface area contributed by atoms with Gasteiger partial charge in [-0.05, 0) is 80.3 Å². The maximum atomic E-state index is 13.8. The van der Waals surface area contributed by atoms with Crippen LogP contribution in [0.5, 0.6) is 0 Å². The van der Waals surface area contributed by atoms with Gasteiger partial charge in [-0.1, -0.05) is 38.5 Å². The fourth-order valence-electron chi connectivity index (χ4n) is 5.12. The van der Waals surface area contributed by atoms with Gasteiger partial charge in [-0.3, -0.25) is 9.89 Å². The number of carbonyl (C=O) groups is 1. The zero-order valence-corrected chi connectivity index (χ0v) is 21.3. The van der Waals surface area contributed by atoms with Crippen molar-refractivity contribution in [1.29, 1.82) is 5.26 Å². The average molecular weight is 470 g/mol. The van der Waals surface area contributed by atoms with Crippen molar-refractivity contribution in [3.63, 3.8) is 0 Å². The molecule has 6 nitrogen and oxygen atoms in total. The fourth-order valence-corrected chi connectivity index (χ4v) is 5.12. The summed E-state index contributed by atoms with van der Waals surface area (Å²) >= 11 is 0. The molecule has 35 heavy (non-hydrogen) atoms. The lowest BCUT2D eigenvalue weighted by molar-refractivity contribution is 0.0615. The Morgan fingerprint density at radius 3 is 2.63 bits per heavy atom. The molecule has 0 aliphatic carbocycles. The molecule has 1 saturated heterocycles. The second-order valence-corrected chi connectivity index (χ2v) is 9.69. The molecule has 2 atom stereocenters. The van der Waals surface area contributed by atoms with Crippen LogP contribution in [0.25, 0.3) is 11.4 Å². The van der Waals surface area contributed by atoms with Crippen LogP contribution in [0, 0.1) is 18.3 Å². The number of nitriles is 1. The molecule has 1 aliphatic heterocycles.